The molecule has 0 aliphatic carbocycles. The molecule has 1 rings (SSSR count). The maximum atomic E-state index is 4.22. The second kappa shape index (κ2) is 3.67. The lowest BCUT2D eigenvalue weighted by Crippen LogP contribution is -2.06. The quantitative estimate of drug-likeness (QED) is 0.510. The summed E-state index contributed by atoms with van der Waals surface area (Å²) < 4.78 is 0. The molecule has 0 fully saturated rings. The number of nitrogens with one attached hydrogen (secondary N) is 1. The Morgan fingerprint density at radius 3 is 2.27 bits per heavy atom. The Morgan fingerprint density at radius 2 is 1.82 bits per heavy atom. The van der Waals surface area contributed by atoms with Crippen molar-refractivity contribution in [2.75, 3.05) is 5.32 Å². The van der Waals surface area contributed by atoms with Crippen LogP contribution in [0.1, 0.15) is 12.5 Å². The SMILES string of the molecule is Cc1ccc(NC(C)S)cc1. The van der Waals surface area contributed by atoms with Crippen molar-refractivity contribution >= 4 is 18.3 Å². The van der Waals surface area contributed by atoms with E-state index < -0.39 is 0 Å². The van der Waals surface area contributed by atoms with Crippen LogP contribution in [0.15, 0.2) is 24.3 Å². The summed E-state index contributed by atoms with van der Waals surface area (Å²) in [6, 6.07) is 8.28. The summed E-state index contributed by atoms with van der Waals surface area (Å²) in [5.74, 6) is 0. The van der Waals surface area contributed by atoms with E-state index in [1.54, 1.807) is 0 Å². The third kappa shape index (κ3) is 2.85. The van der Waals surface area contributed by atoms with Gasteiger partial charge in [0.1, 0.15) is 0 Å². The van der Waals surface area contributed by atoms with Gasteiger partial charge >= 0.3 is 0 Å². The van der Waals surface area contributed by atoms with Gasteiger partial charge in [-0.15, -0.1) is 0 Å². The van der Waals surface area contributed by atoms with Crippen LogP contribution in [-0.2, 0) is 0 Å². The molecule has 60 valence electrons. The number of thiol groups is 1. The molecule has 0 spiro atoms. The van der Waals surface area contributed by atoms with Crippen molar-refractivity contribution in [3.8, 4) is 0 Å². The van der Waals surface area contributed by atoms with E-state index in [1.807, 2.05) is 6.92 Å². The van der Waals surface area contributed by atoms with E-state index in [0.29, 0.717) is 0 Å². The Kier molecular flexibility index (Phi) is 2.83. The normalized spacial score (nSPS) is 12.6. The van der Waals surface area contributed by atoms with E-state index in [9.17, 15) is 0 Å². The van der Waals surface area contributed by atoms with Crippen LogP contribution in [0, 0.1) is 6.92 Å². The number of anilines is 1. The summed E-state index contributed by atoms with van der Waals surface area (Å²) >= 11 is 4.22. The summed E-state index contributed by atoms with van der Waals surface area (Å²) in [4.78, 5) is 0. The monoisotopic (exact) mass is 167 g/mol. The first-order valence-electron chi connectivity index (χ1n) is 3.70. The summed E-state index contributed by atoms with van der Waals surface area (Å²) in [5.41, 5.74) is 2.40. The minimum Gasteiger partial charge on any atom is -0.374 e. The number of benzene rings is 1. The first kappa shape index (κ1) is 8.47. The smallest absolute Gasteiger partial charge is 0.0664 e. The topological polar surface area (TPSA) is 12.0 Å². The van der Waals surface area contributed by atoms with Crippen LogP contribution in [0.25, 0.3) is 0 Å². The average molecular weight is 167 g/mol. The molecule has 1 nitrogen and oxygen atoms in total. The molecule has 0 saturated heterocycles. The molecule has 1 unspecified atom stereocenters. The number of aryl methyl sites for hydroxylation is 1. The second-order valence-corrected chi connectivity index (χ2v) is 3.46. The van der Waals surface area contributed by atoms with Crippen LogP contribution >= 0.6 is 12.6 Å². The summed E-state index contributed by atoms with van der Waals surface area (Å²) in [6.07, 6.45) is 0. The largest absolute Gasteiger partial charge is 0.374 e. The molecule has 0 aromatic heterocycles. The molecule has 0 heterocycles. The highest BCUT2D eigenvalue weighted by Gasteiger charge is 1.93. The van der Waals surface area contributed by atoms with Crippen LogP contribution in [0.5, 0.6) is 0 Å². The van der Waals surface area contributed by atoms with Crippen LogP contribution in [0.2, 0.25) is 0 Å². The van der Waals surface area contributed by atoms with Gasteiger partial charge in [0, 0.05) is 5.69 Å². The highest BCUT2D eigenvalue weighted by Crippen LogP contribution is 2.10. The predicted octanol–water partition coefficient (Wildman–Crippen LogP) is 2.68. The Hall–Kier alpha value is -0.630. The van der Waals surface area contributed by atoms with Gasteiger partial charge in [-0.3, -0.25) is 0 Å². The molecule has 0 aliphatic rings. The molecule has 1 N–H and O–H groups in total. The van der Waals surface area contributed by atoms with Gasteiger partial charge in [0.05, 0.1) is 5.37 Å². The molecular weight excluding hydrogens is 154 g/mol. The molecule has 11 heavy (non-hydrogen) atoms. The summed E-state index contributed by atoms with van der Waals surface area (Å²) in [5, 5.41) is 3.40. The first-order chi connectivity index (χ1) is 5.18. The van der Waals surface area contributed by atoms with Crippen LogP contribution in [0.4, 0.5) is 5.69 Å². The maximum absolute atomic E-state index is 4.22. The Labute approximate surface area is 73.2 Å². The van der Waals surface area contributed by atoms with Gasteiger partial charge in [0.2, 0.25) is 0 Å². The van der Waals surface area contributed by atoms with Gasteiger partial charge in [-0.1, -0.05) is 17.7 Å². The average Bonchev–Trinajstić information content (AvgIpc) is 1.93. The first-order valence-corrected chi connectivity index (χ1v) is 4.21. The van der Waals surface area contributed by atoms with Gasteiger partial charge in [0.25, 0.3) is 0 Å². The minimum absolute atomic E-state index is 0.206. The summed E-state index contributed by atoms with van der Waals surface area (Å²) in [6.45, 7) is 4.08. The molecule has 1 aromatic carbocycles. The molecule has 0 saturated carbocycles. The van der Waals surface area contributed by atoms with Gasteiger partial charge in [-0.2, -0.15) is 12.6 Å². The minimum atomic E-state index is 0.206. The fourth-order valence-corrected chi connectivity index (χ4v) is 1.04. The maximum Gasteiger partial charge on any atom is 0.0664 e. The number of hydrogen-bond donors (Lipinski definition) is 2. The molecule has 1 aromatic rings. The standard InChI is InChI=1S/C9H13NS/c1-7-3-5-9(6-4-7)10-8(2)11/h3-6,8,10-11H,1-2H3. The van der Waals surface area contributed by atoms with Crippen LogP contribution < -0.4 is 5.32 Å². The number of rotatable bonds is 2. The fraction of sp³-hybridized carbons (Fsp3) is 0.333. The molecule has 0 aliphatic heterocycles. The van der Waals surface area contributed by atoms with E-state index in [4.69, 9.17) is 0 Å². The zero-order chi connectivity index (χ0) is 8.27. The highest BCUT2D eigenvalue weighted by atomic mass is 32.1. The van der Waals surface area contributed by atoms with Crippen molar-refractivity contribution < 1.29 is 0 Å². The molecule has 2 heteroatoms. The van der Waals surface area contributed by atoms with Crippen molar-refractivity contribution in [3.05, 3.63) is 29.8 Å². The van der Waals surface area contributed by atoms with Crippen molar-refractivity contribution in [1.29, 1.82) is 0 Å². The summed E-state index contributed by atoms with van der Waals surface area (Å²) in [7, 11) is 0. The lowest BCUT2D eigenvalue weighted by molar-refractivity contribution is 1.13. The molecule has 0 amide bonds. The Balaban J connectivity index is 2.66. The van der Waals surface area contributed by atoms with Crippen LogP contribution in [-0.4, -0.2) is 5.37 Å². The van der Waals surface area contributed by atoms with Gasteiger partial charge < -0.3 is 5.32 Å². The van der Waals surface area contributed by atoms with Gasteiger partial charge in [-0.05, 0) is 26.0 Å². The Bertz CT molecular complexity index is 216. The lowest BCUT2D eigenvalue weighted by Gasteiger charge is -2.08. The lowest BCUT2D eigenvalue weighted by atomic mass is 10.2. The zero-order valence-electron chi connectivity index (χ0n) is 6.83. The van der Waals surface area contributed by atoms with Gasteiger partial charge in [0.15, 0.2) is 0 Å². The van der Waals surface area contributed by atoms with E-state index in [2.05, 4.69) is 49.1 Å². The predicted molar refractivity (Wildman–Crippen MR) is 53.2 cm³/mol. The van der Waals surface area contributed by atoms with Crippen molar-refractivity contribution in [2.24, 2.45) is 0 Å². The van der Waals surface area contributed by atoms with Gasteiger partial charge in [-0.25, -0.2) is 0 Å². The van der Waals surface area contributed by atoms with Crippen molar-refractivity contribution in [3.63, 3.8) is 0 Å². The zero-order valence-corrected chi connectivity index (χ0v) is 7.73. The van der Waals surface area contributed by atoms with E-state index >= 15 is 0 Å². The van der Waals surface area contributed by atoms with E-state index in [1.165, 1.54) is 5.56 Å². The second-order valence-electron chi connectivity index (χ2n) is 2.69. The van der Waals surface area contributed by atoms with Crippen molar-refractivity contribution in [1.82, 2.24) is 0 Å². The fourth-order valence-electron chi connectivity index (χ4n) is 0.891. The molecular formula is C9H13NS. The van der Waals surface area contributed by atoms with E-state index in [-0.39, 0.29) is 5.37 Å². The van der Waals surface area contributed by atoms with Crippen LogP contribution in [0.3, 0.4) is 0 Å². The molecule has 1 atom stereocenters. The third-order valence-corrected chi connectivity index (χ3v) is 1.56. The third-order valence-electron chi connectivity index (χ3n) is 1.43. The van der Waals surface area contributed by atoms with E-state index in [0.717, 1.165) is 5.69 Å². The molecule has 0 radical (unpaired) electrons. The van der Waals surface area contributed by atoms with Crippen molar-refractivity contribution in [2.45, 2.75) is 19.2 Å². The number of hydrogen-bond acceptors (Lipinski definition) is 2. The Morgan fingerprint density at radius 1 is 1.27 bits per heavy atom. The highest BCUT2D eigenvalue weighted by molar-refractivity contribution is 7.81. The molecule has 0 bridgehead atoms.